The second-order valence-corrected chi connectivity index (χ2v) is 7.18. The van der Waals surface area contributed by atoms with Gasteiger partial charge in [0.15, 0.2) is 0 Å². The van der Waals surface area contributed by atoms with Gasteiger partial charge in [0.2, 0.25) is 0 Å². The van der Waals surface area contributed by atoms with E-state index in [0.717, 1.165) is 0 Å². The summed E-state index contributed by atoms with van der Waals surface area (Å²) in [5.41, 5.74) is 5.39. The van der Waals surface area contributed by atoms with Gasteiger partial charge in [0.05, 0.1) is 0 Å². The van der Waals surface area contributed by atoms with E-state index in [2.05, 4.69) is 19.1 Å². The van der Waals surface area contributed by atoms with E-state index < -0.39 is 0 Å². The lowest BCUT2D eigenvalue weighted by Crippen LogP contribution is -1.91. The van der Waals surface area contributed by atoms with E-state index in [0.29, 0.717) is 6.54 Å². The molecule has 142 valence electrons. The van der Waals surface area contributed by atoms with Gasteiger partial charge in [-0.3, -0.25) is 0 Å². The van der Waals surface area contributed by atoms with Crippen LogP contribution in [0.1, 0.15) is 116 Å². The predicted octanol–water partition coefficient (Wildman–Crippen LogP) is 7.71. The quantitative estimate of drug-likeness (QED) is 0.190. The third kappa shape index (κ3) is 21.4. The van der Waals surface area contributed by atoms with E-state index in [1.165, 1.54) is 109 Å². The summed E-state index contributed by atoms with van der Waals surface area (Å²) in [5, 5.41) is 0. The Morgan fingerprint density at radius 1 is 0.500 bits per heavy atom. The summed E-state index contributed by atoms with van der Waals surface area (Å²) in [5.74, 6) is 0. The molecule has 0 radical (unpaired) electrons. The van der Waals surface area contributed by atoms with Crippen LogP contribution in [0.15, 0.2) is 24.3 Å². The number of hydrogen-bond acceptors (Lipinski definition) is 1. The minimum Gasteiger partial charge on any atom is -0.327 e. The van der Waals surface area contributed by atoms with E-state index in [1.807, 2.05) is 12.2 Å². The smallest absolute Gasteiger partial charge is 0.0109 e. The van der Waals surface area contributed by atoms with Crippen LogP contribution in [0.2, 0.25) is 0 Å². The first-order chi connectivity index (χ1) is 11.9. The summed E-state index contributed by atoms with van der Waals surface area (Å²) < 4.78 is 0. The molecule has 0 amide bonds. The highest BCUT2D eigenvalue weighted by molar-refractivity contribution is 5.02. The fraction of sp³-hybridized carbons (Fsp3) is 0.826. The van der Waals surface area contributed by atoms with Crippen molar-refractivity contribution in [1.82, 2.24) is 0 Å². The van der Waals surface area contributed by atoms with Gasteiger partial charge in [0, 0.05) is 6.54 Å². The molecule has 1 nitrogen and oxygen atoms in total. The van der Waals surface area contributed by atoms with Crippen LogP contribution in [0.3, 0.4) is 0 Å². The molecule has 0 aliphatic heterocycles. The molecule has 0 fully saturated rings. The molecule has 0 aromatic carbocycles. The van der Waals surface area contributed by atoms with Crippen molar-refractivity contribution >= 4 is 0 Å². The van der Waals surface area contributed by atoms with Crippen LogP contribution in [0, 0.1) is 0 Å². The maximum atomic E-state index is 5.39. The van der Waals surface area contributed by atoms with Gasteiger partial charge < -0.3 is 5.73 Å². The van der Waals surface area contributed by atoms with Gasteiger partial charge in [-0.25, -0.2) is 0 Å². The molecule has 0 aliphatic carbocycles. The van der Waals surface area contributed by atoms with Crippen LogP contribution >= 0.6 is 0 Å². The number of rotatable bonds is 19. The van der Waals surface area contributed by atoms with Gasteiger partial charge in [-0.2, -0.15) is 0 Å². The maximum Gasteiger partial charge on any atom is 0.0109 e. The Hall–Kier alpha value is -0.560. The maximum absolute atomic E-state index is 5.39. The minimum atomic E-state index is 0.642. The third-order valence-electron chi connectivity index (χ3n) is 4.74. The van der Waals surface area contributed by atoms with E-state index >= 15 is 0 Å². The Kier molecular flexibility index (Phi) is 21.9. The summed E-state index contributed by atoms with van der Waals surface area (Å²) in [6, 6.07) is 0. The normalized spacial score (nSPS) is 11.9. The highest BCUT2D eigenvalue weighted by Crippen LogP contribution is 2.14. The summed E-state index contributed by atoms with van der Waals surface area (Å²) in [6.07, 6.45) is 32.7. The van der Waals surface area contributed by atoms with Gasteiger partial charge in [0.1, 0.15) is 0 Å². The molecular weight excluding hydrogens is 290 g/mol. The topological polar surface area (TPSA) is 26.0 Å². The summed E-state index contributed by atoms with van der Waals surface area (Å²) in [6.45, 7) is 2.94. The van der Waals surface area contributed by atoms with Crippen LogP contribution in [-0.4, -0.2) is 6.54 Å². The molecule has 0 rings (SSSR count). The molecule has 0 atom stereocenters. The molecule has 0 spiro atoms. The lowest BCUT2D eigenvalue weighted by Gasteiger charge is -2.03. The molecule has 24 heavy (non-hydrogen) atoms. The fourth-order valence-electron chi connectivity index (χ4n) is 3.14. The Morgan fingerprint density at radius 2 is 0.875 bits per heavy atom. The van der Waals surface area contributed by atoms with Gasteiger partial charge in [-0.15, -0.1) is 0 Å². The van der Waals surface area contributed by atoms with Crippen molar-refractivity contribution in [2.45, 2.75) is 116 Å². The second kappa shape index (κ2) is 22.4. The molecule has 0 unspecified atom stereocenters. The van der Waals surface area contributed by atoms with Gasteiger partial charge in [-0.05, 0) is 12.8 Å². The standard InChI is InChI=1S/C23H45N/c1-2-3-4-5-6-7-8-9-10-11-12-13-14-15-16-17-18-19-20-21-22-23-24/h19-22H,2-18,23-24H2,1H3. The van der Waals surface area contributed by atoms with Crippen molar-refractivity contribution in [2.24, 2.45) is 5.73 Å². The van der Waals surface area contributed by atoms with Crippen molar-refractivity contribution in [3.8, 4) is 0 Å². The zero-order valence-corrected chi connectivity index (χ0v) is 16.6. The average Bonchev–Trinajstić information content (AvgIpc) is 2.60. The van der Waals surface area contributed by atoms with E-state index in [-0.39, 0.29) is 0 Å². The molecule has 0 aromatic heterocycles. The SMILES string of the molecule is CCCCCCCCCCCCCCCCCCC=CC=CCN. The molecule has 0 heterocycles. The average molecular weight is 336 g/mol. The molecule has 2 N–H and O–H groups in total. The van der Waals surface area contributed by atoms with Gasteiger partial charge in [-0.1, -0.05) is 128 Å². The van der Waals surface area contributed by atoms with Gasteiger partial charge >= 0.3 is 0 Å². The van der Waals surface area contributed by atoms with Crippen LogP contribution < -0.4 is 5.73 Å². The Labute approximate surface area is 153 Å². The molecule has 0 saturated carbocycles. The van der Waals surface area contributed by atoms with Crippen molar-refractivity contribution < 1.29 is 0 Å². The first-order valence-corrected chi connectivity index (χ1v) is 10.9. The number of allylic oxidation sites excluding steroid dienone is 3. The van der Waals surface area contributed by atoms with Crippen LogP contribution in [0.5, 0.6) is 0 Å². The Bertz CT molecular complexity index is 267. The summed E-state index contributed by atoms with van der Waals surface area (Å²) in [4.78, 5) is 0. The van der Waals surface area contributed by atoms with Crippen molar-refractivity contribution in [3.05, 3.63) is 24.3 Å². The highest BCUT2D eigenvalue weighted by Gasteiger charge is 1.94. The number of unbranched alkanes of at least 4 members (excludes halogenated alkanes) is 16. The largest absolute Gasteiger partial charge is 0.327 e. The van der Waals surface area contributed by atoms with E-state index in [9.17, 15) is 0 Å². The zero-order chi connectivity index (χ0) is 17.6. The highest BCUT2D eigenvalue weighted by atomic mass is 14.5. The fourth-order valence-corrected chi connectivity index (χ4v) is 3.14. The van der Waals surface area contributed by atoms with Crippen LogP contribution in [-0.2, 0) is 0 Å². The molecular formula is C23H45N. The Balaban J connectivity index is 3.02. The number of nitrogens with two attached hydrogens (primary N) is 1. The number of hydrogen-bond donors (Lipinski definition) is 1. The molecule has 0 bridgehead atoms. The van der Waals surface area contributed by atoms with Crippen molar-refractivity contribution in [1.29, 1.82) is 0 Å². The first-order valence-electron chi connectivity index (χ1n) is 10.9. The summed E-state index contributed by atoms with van der Waals surface area (Å²) in [7, 11) is 0. The summed E-state index contributed by atoms with van der Waals surface area (Å²) >= 11 is 0. The predicted molar refractivity (Wildman–Crippen MR) is 111 cm³/mol. The zero-order valence-electron chi connectivity index (χ0n) is 16.6. The van der Waals surface area contributed by atoms with Crippen LogP contribution in [0.4, 0.5) is 0 Å². The van der Waals surface area contributed by atoms with Crippen molar-refractivity contribution in [3.63, 3.8) is 0 Å². The minimum absolute atomic E-state index is 0.642. The lowest BCUT2D eigenvalue weighted by molar-refractivity contribution is 0.530. The molecule has 0 aliphatic rings. The molecule has 0 saturated heterocycles. The third-order valence-corrected chi connectivity index (χ3v) is 4.74. The first kappa shape index (κ1) is 23.4. The van der Waals surface area contributed by atoms with E-state index in [1.54, 1.807) is 0 Å². The Morgan fingerprint density at radius 3 is 1.29 bits per heavy atom. The van der Waals surface area contributed by atoms with Gasteiger partial charge in [0.25, 0.3) is 0 Å². The second-order valence-electron chi connectivity index (χ2n) is 7.18. The van der Waals surface area contributed by atoms with Crippen LogP contribution in [0.25, 0.3) is 0 Å². The lowest BCUT2D eigenvalue weighted by atomic mass is 10.0. The van der Waals surface area contributed by atoms with Crippen molar-refractivity contribution in [2.75, 3.05) is 6.54 Å². The van der Waals surface area contributed by atoms with E-state index in [4.69, 9.17) is 5.73 Å². The molecule has 1 heteroatoms. The monoisotopic (exact) mass is 335 g/mol. The molecule has 0 aromatic rings.